The summed E-state index contributed by atoms with van der Waals surface area (Å²) in [5, 5.41) is 13.0. The van der Waals surface area contributed by atoms with Crippen molar-refractivity contribution in [1.29, 1.82) is 0 Å². The highest BCUT2D eigenvalue weighted by molar-refractivity contribution is 7.92. The van der Waals surface area contributed by atoms with Gasteiger partial charge < -0.3 is 10.4 Å². The number of halogens is 2. The van der Waals surface area contributed by atoms with Crippen molar-refractivity contribution < 1.29 is 18.3 Å². The Kier molecular flexibility index (Phi) is 6.26. The molecule has 0 bridgehead atoms. The van der Waals surface area contributed by atoms with E-state index in [1.807, 2.05) is 0 Å². The molecule has 6 nitrogen and oxygen atoms in total. The van der Waals surface area contributed by atoms with Gasteiger partial charge in [-0.2, -0.15) is 0 Å². The number of carbonyl (C=O) groups is 1. The Morgan fingerprint density at radius 2 is 1.67 bits per heavy atom. The molecule has 0 aromatic heterocycles. The van der Waals surface area contributed by atoms with Gasteiger partial charge in [0.1, 0.15) is 5.75 Å². The summed E-state index contributed by atoms with van der Waals surface area (Å²) in [6, 6.07) is 13.3. The summed E-state index contributed by atoms with van der Waals surface area (Å²) in [6.45, 7) is 3.60. The van der Waals surface area contributed by atoms with Crippen LogP contribution in [0, 0.1) is 13.8 Å². The van der Waals surface area contributed by atoms with Crippen LogP contribution in [-0.4, -0.2) is 19.4 Å². The van der Waals surface area contributed by atoms with Gasteiger partial charge in [-0.05, 0) is 67.4 Å². The number of phenolic OH excluding ortho intramolecular Hbond substituents is 1. The van der Waals surface area contributed by atoms with Crippen LogP contribution in [0.1, 0.15) is 21.5 Å². The van der Waals surface area contributed by atoms with Gasteiger partial charge in [-0.25, -0.2) is 8.42 Å². The summed E-state index contributed by atoms with van der Waals surface area (Å²) in [6.07, 6.45) is 0. The SMILES string of the molecule is Cc1ccc(NC(=O)c2cc(S(=O)(=O)Nc3ccc(C)c(Cl)c3)ccc2Cl)c(O)c1. The first-order chi connectivity index (χ1) is 14.1. The zero-order valence-electron chi connectivity index (χ0n) is 16.0. The summed E-state index contributed by atoms with van der Waals surface area (Å²) in [5.74, 6) is -0.768. The third kappa shape index (κ3) is 4.87. The minimum atomic E-state index is -4.00. The smallest absolute Gasteiger partial charge is 0.261 e. The van der Waals surface area contributed by atoms with Gasteiger partial charge in [0.2, 0.25) is 0 Å². The maximum atomic E-state index is 12.8. The van der Waals surface area contributed by atoms with Crippen LogP contribution in [0.15, 0.2) is 59.5 Å². The second kappa shape index (κ2) is 8.55. The van der Waals surface area contributed by atoms with Crippen molar-refractivity contribution in [3.63, 3.8) is 0 Å². The molecule has 0 saturated heterocycles. The van der Waals surface area contributed by atoms with Crippen LogP contribution in [0.2, 0.25) is 10.0 Å². The summed E-state index contributed by atoms with van der Waals surface area (Å²) in [4.78, 5) is 12.5. The van der Waals surface area contributed by atoms with E-state index in [1.54, 1.807) is 38.1 Å². The third-order valence-corrected chi connectivity index (χ3v) is 6.43. The molecule has 0 aliphatic rings. The number of anilines is 2. The fourth-order valence-electron chi connectivity index (χ4n) is 2.65. The average Bonchev–Trinajstić information content (AvgIpc) is 2.67. The molecule has 3 aromatic rings. The second-order valence-corrected chi connectivity index (χ2v) is 9.18. The Labute approximate surface area is 184 Å². The first-order valence-electron chi connectivity index (χ1n) is 8.76. The largest absolute Gasteiger partial charge is 0.506 e. The minimum Gasteiger partial charge on any atom is -0.506 e. The third-order valence-electron chi connectivity index (χ3n) is 4.32. The molecule has 9 heteroatoms. The zero-order chi connectivity index (χ0) is 22.1. The number of nitrogens with one attached hydrogen (secondary N) is 2. The summed E-state index contributed by atoms with van der Waals surface area (Å²) >= 11 is 12.2. The Hall–Kier alpha value is -2.74. The zero-order valence-corrected chi connectivity index (χ0v) is 18.4. The van der Waals surface area contributed by atoms with E-state index >= 15 is 0 Å². The molecule has 3 aromatic carbocycles. The van der Waals surface area contributed by atoms with Gasteiger partial charge in [-0.1, -0.05) is 35.3 Å². The van der Waals surface area contributed by atoms with Gasteiger partial charge in [-0.15, -0.1) is 0 Å². The molecule has 0 atom stereocenters. The molecule has 3 rings (SSSR count). The van der Waals surface area contributed by atoms with Crippen molar-refractivity contribution in [1.82, 2.24) is 0 Å². The highest BCUT2D eigenvalue weighted by Gasteiger charge is 2.20. The normalized spacial score (nSPS) is 11.2. The Morgan fingerprint density at radius 1 is 0.933 bits per heavy atom. The van der Waals surface area contributed by atoms with Crippen LogP contribution in [0.5, 0.6) is 5.75 Å². The maximum Gasteiger partial charge on any atom is 0.261 e. The average molecular weight is 465 g/mol. The number of carbonyl (C=O) groups excluding carboxylic acids is 1. The fraction of sp³-hybridized carbons (Fsp3) is 0.0952. The van der Waals surface area contributed by atoms with Crippen LogP contribution in [0.3, 0.4) is 0 Å². The predicted octanol–water partition coefficient (Wildman–Crippen LogP) is 5.37. The fourth-order valence-corrected chi connectivity index (χ4v) is 4.11. The molecule has 0 saturated carbocycles. The lowest BCUT2D eigenvalue weighted by Crippen LogP contribution is -2.16. The number of sulfonamides is 1. The Morgan fingerprint density at radius 3 is 2.33 bits per heavy atom. The van der Waals surface area contributed by atoms with E-state index in [2.05, 4.69) is 10.0 Å². The molecule has 0 spiro atoms. The van der Waals surface area contributed by atoms with Crippen molar-refractivity contribution in [3.05, 3.63) is 81.3 Å². The molecule has 0 radical (unpaired) electrons. The number of aryl methyl sites for hydroxylation is 2. The number of rotatable bonds is 5. The monoisotopic (exact) mass is 464 g/mol. The molecule has 1 amide bonds. The van der Waals surface area contributed by atoms with Crippen LogP contribution in [-0.2, 0) is 10.0 Å². The van der Waals surface area contributed by atoms with Crippen molar-refractivity contribution >= 4 is 50.5 Å². The van der Waals surface area contributed by atoms with E-state index in [1.165, 1.54) is 30.3 Å². The molecule has 3 N–H and O–H groups in total. The van der Waals surface area contributed by atoms with Gasteiger partial charge in [-0.3, -0.25) is 9.52 Å². The summed E-state index contributed by atoms with van der Waals surface area (Å²) in [5.41, 5.74) is 2.04. The first-order valence-corrected chi connectivity index (χ1v) is 11.0. The minimum absolute atomic E-state index is 0.0542. The first kappa shape index (κ1) is 22.0. The highest BCUT2D eigenvalue weighted by Crippen LogP contribution is 2.28. The standard InChI is InChI=1S/C21H18Cl2N2O4S/c1-12-3-8-19(20(26)9-12)24-21(27)16-11-15(6-7-17(16)22)30(28,29)25-14-5-4-13(2)18(23)10-14/h3-11,25-26H,1-2H3,(H,24,27). The van der Waals surface area contributed by atoms with E-state index in [9.17, 15) is 18.3 Å². The number of aromatic hydroxyl groups is 1. The highest BCUT2D eigenvalue weighted by atomic mass is 35.5. The van der Waals surface area contributed by atoms with Crippen LogP contribution >= 0.6 is 23.2 Å². The quantitative estimate of drug-likeness (QED) is 0.442. The van der Waals surface area contributed by atoms with E-state index < -0.39 is 15.9 Å². The van der Waals surface area contributed by atoms with Crippen molar-refractivity contribution in [2.45, 2.75) is 18.7 Å². The number of amides is 1. The molecule has 0 unspecified atom stereocenters. The maximum absolute atomic E-state index is 12.8. The molecular formula is C21H18Cl2N2O4S. The number of benzene rings is 3. The van der Waals surface area contributed by atoms with Gasteiger partial charge in [0.15, 0.2) is 0 Å². The van der Waals surface area contributed by atoms with Gasteiger partial charge in [0.05, 0.1) is 26.9 Å². The van der Waals surface area contributed by atoms with Gasteiger partial charge >= 0.3 is 0 Å². The van der Waals surface area contributed by atoms with Gasteiger partial charge in [0.25, 0.3) is 15.9 Å². The predicted molar refractivity (Wildman–Crippen MR) is 119 cm³/mol. The summed E-state index contributed by atoms with van der Waals surface area (Å²) in [7, 11) is -4.00. The lowest BCUT2D eigenvalue weighted by molar-refractivity contribution is 0.102. The number of hydrogen-bond donors (Lipinski definition) is 3. The second-order valence-electron chi connectivity index (χ2n) is 6.69. The molecule has 0 aliphatic heterocycles. The molecule has 0 aliphatic carbocycles. The van der Waals surface area contributed by atoms with E-state index in [-0.39, 0.29) is 32.6 Å². The molecule has 30 heavy (non-hydrogen) atoms. The topological polar surface area (TPSA) is 95.5 Å². The molecule has 0 heterocycles. The summed E-state index contributed by atoms with van der Waals surface area (Å²) < 4.78 is 28.0. The van der Waals surface area contributed by atoms with Crippen molar-refractivity contribution in [2.75, 3.05) is 10.0 Å². The van der Waals surface area contributed by atoms with Crippen LogP contribution in [0.25, 0.3) is 0 Å². The van der Waals surface area contributed by atoms with Crippen LogP contribution < -0.4 is 10.0 Å². The molecule has 0 fully saturated rings. The molecule has 156 valence electrons. The van der Waals surface area contributed by atoms with Crippen molar-refractivity contribution in [2.24, 2.45) is 0 Å². The number of phenols is 1. The van der Waals surface area contributed by atoms with E-state index in [0.29, 0.717) is 5.02 Å². The van der Waals surface area contributed by atoms with E-state index in [0.717, 1.165) is 11.1 Å². The number of hydrogen-bond acceptors (Lipinski definition) is 4. The van der Waals surface area contributed by atoms with Crippen molar-refractivity contribution in [3.8, 4) is 5.75 Å². The molecular weight excluding hydrogens is 447 g/mol. The Balaban J connectivity index is 1.89. The lowest BCUT2D eigenvalue weighted by Gasteiger charge is -2.12. The Bertz CT molecular complexity index is 1240. The van der Waals surface area contributed by atoms with E-state index in [4.69, 9.17) is 23.2 Å². The van der Waals surface area contributed by atoms with Gasteiger partial charge in [0, 0.05) is 5.02 Å². The lowest BCUT2D eigenvalue weighted by atomic mass is 10.2. The van der Waals surface area contributed by atoms with Crippen LogP contribution in [0.4, 0.5) is 11.4 Å².